The normalized spacial score (nSPS) is 12.3. The quantitative estimate of drug-likeness (QED) is 0.791. The van der Waals surface area contributed by atoms with Crippen molar-refractivity contribution < 1.29 is 8.42 Å². The second kappa shape index (κ2) is 7.71. The zero-order chi connectivity index (χ0) is 15.2. The third kappa shape index (κ3) is 5.56. The number of aryl methyl sites for hydroxylation is 1. The van der Waals surface area contributed by atoms with Gasteiger partial charge in [0.1, 0.15) is 0 Å². The maximum atomic E-state index is 12.3. The van der Waals surface area contributed by atoms with Crippen molar-refractivity contribution >= 4 is 10.0 Å². The van der Waals surface area contributed by atoms with Crippen LogP contribution in [0, 0.1) is 6.92 Å². The van der Waals surface area contributed by atoms with E-state index in [9.17, 15) is 8.42 Å². The van der Waals surface area contributed by atoms with E-state index < -0.39 is 10.0 Å². The molecule has 20 heavy (non-hydrogen) atoms. The Morgan fingerprint density at radius 1 is 1.35 bits per heavy atom. The summed E-state index contributed by atoms with van der Waals surface area (Å²) in [7, 11) is -3.25. The molecule has 114 valence electrons. The lowest BCUT2D eigenvalue weighted by atomic mass is 10.3. The number of sulfonamides is 1. The summed E-state index contributed by atoms with van der Waals surface area (Å²) < 4.78 is 26.1. The minimum absolute atomic E-state index is 0.116. The van der Waals surface area contributed by atoms with E-state index in [4.69, 9.17) is 0 Å². The highest BCUT2D eigenvalue weighted by atomic mass is 32.2. The summed E-state index contributed by atoms with van der Waals surface area (Å²) in [6.45, 7) is 9.02. The maximum Gasteiger partial charge on any atom is 0.215 e. The van der Waals surface area contributed by atoms with Crippen LogP contribution >= 0.6 is 0 Å². The predicted molar refractivity (Wildman–Crippen MR) is 82.0 cm³/mol. The number of nitrogens with zero attached hydrogens (tertiary/aromatic N) is 2. The van der Waals surface area contributed by atoms with Crippen LogP contribution in [0.15, 0.2) is 18.2 Å². The molecule has 0 bridgehead atoms. The van der Waals surface area contributed by atoms with Crippen LogP contribution < -0.4 is 5.32 Å². The van der Waals surface area contributed by atoms with Crippen molar-refractivity contribution in [3.63, 3.8) is 0 Å². The summed E-state index contributed by atoms with van der Waals surface area (Å²) in [6.07, 6.45) is 0. The lowest BCUT2D eigenvalue weighted by molar-refractivity contribution is 0.417. The van der Waals surface area contributed by atoms with E-state index >= 15 is 0 Å². The van der Waals surface area contributed by atoms with Crippen molar-refractivity contribution in [2.75, 3.05) is 18.8 Å². The minimum Gasteiger partial charge on any atom is -0.313 e. The Hall–Kier alpha value is -0.980. The number of nitrogens with one attached hydrogen (secondary N) is 1. The van der Waals surface area contributed by atoms with Gasteiger partial charge in [0.15, 0.2) is 0 Å². The smallest absolute Gasteiger partial charge is 0.215 e. The number of aromatic nitrogens is 1. The largest absolute Gasteiger partial charge is 0.313 e. The van der Waals surface area contributed by atoms with Gasteiger partial charge < -0.3 is 5.32 Å². The van der Waals surface area contributed by atoms with Gasteiger partial charge in [0.05, 0.1) is 18.0 Å². The second-order valence-electron chi connectivity index (χ2n) is 5.12. The van der Waals surface area contributed by atoms with Crippen LogP contribution in [0.4, 0.5) is 0 Å². The Morgan fingerprint density at radius 3 is 2.60 bits per heavy atom. The topological polar surface area (TPSA) is 62.3 Å². The molecule has 0 radical (unpaired) electrons. The summed E-state index contributed by atoms with van der Waals surface area (Å²) in [5, 5.41) is 3.13. The van der Waals surface area contributed by atoms with Gasteiger partial charge >= 0.3 is 0 Å². The molecule has 1 heterocycles. The fourth-order valence-corrected chi connectivity index (χ4v) is 3.24. The van der Waals surface area contributed by atoms with E-state index in [2.05, 4.69) is 10.3 Å². The maximum absolute atomic E-state index is 12.3. The zero-order valence-electron chi connectivity index (χ0n) is 12.8. The first kappa shape index (κ1) is 17.1. The average molecular weight is 299 g/mol. The number of rotatable bonds is 8. The van der Waals surface area contributed by atoms with Gasteiger partial charge in [0, 0.05) is 24.8 Å². The minimum atomic E-state index is -3.25. The lowest BCUT2D eigenvalue weighted by Crippen LogP contribution is -2.37. The van der Waals surface area contributed by atoms with Crippen molar-refractivity contribution in [2.24, 2.45) is 0 Å². The molecule has 0 saturated carbocycles. The van der Waals surface area contributed by atoms with E-state index in [0.717, 1.165) is 11.4 Å². The van der Waals surface area contributed by atoms with Gasteiger partial charge in [0.25, 0.3) is 0 Å². The highest BCUT2D eigenvalue weighted by molar-refractivity contribution is 7.89. The van der Waals surface area contributed by atoms with E-state index in [1.807, 2.05) is 45.9 Å². The van der Waals surface area contributed by atoms with Crippen molar-refractivity contribution in [3.8, 4) is 0 Å². The van der Waals surface area contributed by atoms with Gasteiger partial charge in [-0.2, -0.15) is 4.31 Å². The van der Waals surface area contributed by atoms with Gasteiger partial charge in [-0.3, -0.25) is 4.98 Å². The van der Waals surface area contributed by atoms with E-state index in [0.29, 0.717) is 25.7 Å². The predicted octanol–water partition coefficient (Wildman–Crippen LogP) is 1.54. The molecule has 1 aromatic heterocycles. The lowest BCUT2D eigenvalue weighted by Gasteiger charge is -2.20. The molecule has 0 atom stereocenters. The van der Waals surface area contributed by atoms with Gasteiger partial charge in [-0.1, -0.05) is 26.8 Å². The van der Waals surface area contributed by atoms with E-state index in [1.54, 1.807) is 0 Å². The Kier molecular flexibility index (Phi) is 6.58. The van der Waals surface area contributed by atoms with Crippen molar-refractivity contribution in [2.45, 2.75) is 40.3 Å². The summed E-state index contributed by atoms with van der Waals surface area (Å²) >= 11 is 0. The fraction of sp³-hybridized carbons (Fsp3) is 0.643. The van der Waals surface area contributed by atoms with Crippen LogP contribution in [0.2, 0.25) is 0 Å². The van der Waals surface area contributed by atoms with Crippen LogP contribution in [0.1, 0.15) is 32.2 Å². The standard InChI is InChI=1S/C14H25N3O2S/c1-5-17(11-14-8-6-7-13(4)16-14)20(18,19)10-9-15-12(2)3/h6-8,12,15H,5,9-11H2,1-4H3. The van der Waals surface area contributed by atoms with Gasteiger partial charge in [-0.05, 0) is 19.1 Å². The average Bonchev–Trinajstić information content (AvgIpc) is 2.35. The van der Waals surface area contributed by atoms with Gasteiger partial charge in [-0.25, -0.2) is 8.42 Å². The first-order chi connectivity index (χ1) is 9.35. The summed E-state index contributed by atoms with van der Waals surface area (Å²) in [5.74, 6) is 0.116. The fourth-order valence-electron chi connectivity index (χ4n) is 1.88. The van der Waals surface area contributed by atoms with Crippen LogP contribution in [0.3, 0.4) is 0 Å². The Labute approximate surface area is 122 Å². The molecule has 0 spiro atoms. The van der Waals surface area contributed by atoms with Gasteiger partial charge in [-0.15, -0.1) is 0 Å². The van der Waals surface area contributed by atoms with Crippen LogP contribution in [-0.4, -0.2) is 42.6 Å². The molecular formula is C14H25N3O2S. The molecule has 0 aliphatic rings. The molecule has 0 aliphatic heterocycles. The monoisotopic (exact) mass is 299 g/mol. The number of hydrogen-bond donors (Lipinski definition) is 1. The van der Waals surface area contributed by atoms with Crippen LogP contribution in [0.5, 0.6) is 0 Å². The molecule has 0 aliphatic carbocycles. The molecule has 1 rings (SSSR count). The molecule has 0 unspecified atom stereocenters. The Bertz CT molecular complexity index is 515. The molecule has 0 fully saturated rings. The molecule has 1 aromatic rings. The number of pyridine rings is 1. The molecule has 5 nitrogen and oxygen atoms in total. The second-order valence-corrected chi connectivity index (χ2v) is 7.21. The first-order valence-electron chi connectivity index (χ1n) is 6.99. The molecular weight excluding hydrogens is 274 g/mol. The first-order valence-corrected chi connectivity index (χ1v) is 8.60. The Morgan fingerprint density at radius 2 is 2.05 bits per heavy atom. The SMILES string of the molecule is CCN(Cc1cccc(C)n1)S(=O)(=O)CCNC(C)C. The summed E-state index contributed by atoms with van der Waals surface area (Å²) in [5.41, 5.74) is 1.68. The molecule has 0 saturated heterocycles. The third-order valence-electron chi connectivity index (χ3n) is 2.94. The third-order valence-corrected chi connectivity index (χ3v) is 4.84. The summed E-state index contributed by atoms with van der Waals surface area (Å²) in [4.78, 5) is 4.36. The Balaban J connectivity index is 2.69. The van der Waals surface area contributed by atoms with Crippen molar-refractivity contribution in [1.29, 1.82) is 0 Å². The zero-order valence-corrected chi connectivity index (χ0v) is 13.6. The molecule has 0 aromatic carbocycles. The van der Waals surface area contributed by atoms with E-state index in [1.165, 1.54) is 4.31 Å². The highest BCUT2D eigenvalue weighted by Crippen LogP contribution is 2.08. The van der Waals surface area contributed by atoms with Crippen molar-refractivity contribution in [3.05, 3.63) is 29.6 Å². The van der Waals surface area contributed by atoms with E-state index in [-0.39, 0.29) is 5.75 Å². The van der Waals surface area contributed by atoms with Crippen LogP contribution in [0.25, 0.3) is 0 Å². The number of hydrogen-bond acceptors (Lipinski definition) is 4. The van der Waals surface area contributed by atoms with Crippen molar-refractivity contribution in [1.82, 2.24) is 14.6 Å². The highest BCUT2D eigenvalue weighted by Gasteiger charge is 2.20. The van der Waals surface area contributed by atoms with Crippen LogP contribution in [-0.2, 0) is 16.6 Å². The molecule has 6 heteroatoms. The summed E-state index contributed by atoms with van der Waals surface area (Å²) in [6, 6.07) is 5.95. The van der Waals surface area contributed by atoms with Gasteiger partial charge in [0.2, 0.25) is 10.0 Å². The molecule has 1 N–H and O–H groups in total. The molecule has 0 amide bonds.